The third-order valence-electron chi connectivity index (χ3n) is 3.08. The molecular weight excluding hydrogens is 306 g/mol. The van der Waals surface area contributed by atoms with Crippen molar-refractivity contribution in [3.8, 4) is 0 Å². The number of aromatic nitrogens is 2. The van der Waals surface area contributed by atoms with Gasteiger partial charge in [0.05, 0.1) is 6.20 Å². The molecule has 6 heteroatoms. The lowest BCUT2D eigenvalue weighted by Crippen LogP contribution is -2.45. The van der Waals surface area contributed by atoms with Crippen molar-refractivity contribution in [3.05, 3.63) is 60.2 Å². The number of carbonyl (C=O) groups is 2. The fourth-order valence-corrected chi connectivity index (χ4v) is 2.06. The van der Waals surface area contributed by atoms with Gasteiger partial charge in [0.1, 0.15) is 17.3 Å². The van der Waals surface area contributed by atoms with Gasteiger partial charge < -0.3 is 10.1 Å². The predicted octanol–water partition coefficient (Wildman–Crippen LogP) is 2.16. The normalized spacial score (nSPS) is 12.3. The summed E-state index contributed by atoms with van der Waals surface area (Å²) in [6, 6.07) is 8.64. The van der Waals surface area contributed by atoms with Crippen molar-refractivity contribution >= 4 is 11.9 Å². The van der Waals surface area contributed by atoms with Crippen LogP contribution in [0.15, 0.2) is 48.9 Å². The van der Waals surface area contributed by atoms with Crippen LogP contribution in [-0.4, -0.2) is 33.5 Å². The van der Waals surface area contributed by atoms with Gasteiger partial charge in [-0.2, -0.15) is 0 Å². The Balaban J connectivity index is 2.15. The number of esters is 1. The van der Waals surface area contributed by atoms with Crippen LogP contribution in [0.1, 0.15) is 36.8 Å². The highest BCUT2D eigenvalue weighted by Gasteiger charge is 2.27. The molecular formula is C18H21N3O3. The van der Waals surface area contributed by atoms with Crippen molar-refractivity contribution in [2.24, 2.45) is 0 Å². The minimum atomic E-state index is -0.805. The van der Waals surface area contributed by atoms with Gasteiger partial charge in [0, 0.05) is 18.8 Å². The molecule has 0 bridgehead atoms. The maximum absolute atomic E-state index is 12.5. The first-order valence-corrected chi connectivity index (χ1v) is 7.69. The fraction of sp³-hybridized carbons (Fsp3) is 0.333. The van der Waals surface area contributed by atoms with Gasteiger partial charge in [0.15, 0.2) is 0 Å². The van der Waals surface area contributed by atoms with Crippen LogP contribution in [-0.2, 0) is 16.0 Å². The lowest BCUT2D eigenvalue weighted by atomic mass is 10.1. The smallest absolute Gasteiger partial charge is 0.329 e. The molecule has 0 saturated carbocycles. The molecule has 1 aromatic carbocycles. The number of hydrogen-bond acceptors (Lipinski definition) is 5. The van der Waals surface area contributed by atoms with Crippen LogP contribution in [0.5, 0.6) is 0 Å². The Morgan fingerprint density at radius 1 is 1.17 bits per heavy atom. The van der Waals surface area contributed by atoms with Crippen molar-refractivity contribution in [1.29, 1.82) is 0 Å². The third-order valence-corrected chi connectivity index (χ3v) is 3.08. The molecule has 0 aliphatic rings. The Morgan fingerprint density at radius 2 is 1.88 bits per heavy atom. The van der Waals surface area contributed by atoms with E-state index in [-0.39, 0.29) is 5.69 Å². The van der Waals surface area contributed by atoms with E-state index in [1.54, 1.807) is 20.8 Å². The van der Waals surface area contributed by atoms with E-state index in [2.05, 4.69) is 15.3 Å². The molecule has 0 radical (unpaired) electrons. The number of ether oxygens (including phenoxy) is 1. The average molecular weight is 327 g/mol. The molecule has 0 fully saturated rings. The molecule has 2 rings (SSSR count). The molecule has 1 N–H and O–H groups in total. The van der Waals surface area contributed by atoms with Gasteiger partial charge in [0.25, 0.3) is 5.91 Å². The van der Waals surface area contributed by atoms with E-state index in [0.717, 1.165) is 5.56 Å². The molecule has 126 valence electrons. The molecule has 6 nitrogen and oxygen atoms in total. The van der Waals surface area contributed by atoms with Crippen LogP contribution < -0.4 is 5.32 Å². The van der Waals surface area contributed by atoms with Gasteiger partial charge in [0.2, 0.25) is 0 Å². The SMILES string of the molecule is CC(C)(C)OC(=O)C(Cc1ccccc1)NC(=O)c1cnccn1. The van der Waals surface area contributed by atoms with Gasteiger partial charge in [-0.25, -0.2) is 9.78 Å². The van der Waals surface area contributed by atoms with Crippen LogP contribution >= 0.6 is 0 Å². The van der Waals surface area contributed by atoms with Crippen LogP contribution in [0.3, 0.4) is 0 Å². The summed E-state index contributed by atoms with van der Waals surface area (Å²) >= 11 is 0. The summed E-state index contributed by atoms with van der Waals surface area (Å²) < 4.78 is 5.42. The van der Waals surface area contributed by atoms with Crippen molar-refractivity contribution in [3.63, 3.8) is 0 Å². The topological polar surface area (TPSA) is 81.2 Å². The minimum absolute atomic E-state index is 0.152. The molecule has 1 atom stereocenters. The second-order valence-corrected chi connectivity index (χ2v) is 6.34. The standard InChI is InChI=1S/C18H21N3O3/c1-18(2,3)24-17(23)14(11-13-7-5-4-6-8-13)21-16(22)15-12-19-9-10-20-15/h4-10,12,14H,11H2,1-3H3,(H,21,22). The maximum Gasteiger partial charge on any atom is 0.329 e. The molecule has 1 unspecified atom stereocenters. The van der Waals surface area contributed by atoms with Crippen molar-refractivity contribution < 1.29 is 14.3 Å². The summed E-state index contributed by atoms with van der Waals surface area (Å²) in [6.45, 7) is 5.36. The van der Waals surface area contributed by atoms with Gasteiger partial charge in [-0.3, -0.25) is 9.78 Å². The van der Waals surface area contributed by atoms with Gasteiger partial charge in [-0.05, 0) is 26.3 Å². The molecule has 0 spiro atoms. The van der Waals surface area contributed by atoms with E-state index in [0.29, 0.717) is 6.42 Å². The third kappa shape index (κ3) is 5.46. The number of nitrogens with zero attached hydrogens (tertiary/aromatic N) is 2. The summed E-state index contributed by atoms with van der Waals surface area (Å²) in [7, 11) is 0. The molecule has 1 heterocycles. The quantitative estimate of drug-likeness (QED) is 0.851. The second kappa shape index (κ2) is 7.68. The van der Waals surface area contributed by atoms with E-state index >= 15 is 0 Å². The summed E-state index contributed by atoms with van der Waals surface area (Å²) in [5, 5.41) is 2.69. The Morgan fingerprint density at radius 3 is 2.46 bits per heavy atom. The van der Waals surface area contributed by atoms with Crippen LogP contribution in [0, 0.1) is 0 Å². The monoisotopic (exact) mass is 327 g/mol. The highest BCUT2D eigenvalue weighted by molar-refractivity contribution is 5.95. The van der Waals surface area contributed by atoms with Crippen molar-refractivity contribution in [1.82, 2.24) is 15.3 Å². The number of carbonyl (C=O) groups excluding carboxylic acids is 2. The minimum Gasteiger partial charge on any atom is -0.458 e. The summed E-state index contributed by atoms with van der Waals surface area (Å²) in [5.74, 6) is -0.946. The second-order valence-electron chi connectivity index (χ2n) is 6.34. The Bertz CT molecular complexity index is 682. The molecule has 0 aliphatic heterocycles. The lowest BCUT2D eigenvalue weighted by Gasteiger charge is -2.24. The molecule has 1 aromatic heterocycles. The van der Waals surface area contributed by atoms with Crippen molar-refractivity contribution in [2.45, 2.75) is 38.8 Å². The summed E-state index contributed by atoms with van der Waals surface area (Å²) in [5.41, 5.74) is 0.440. The van der Waals surface area contributed by atoms with Crippen molar-refractivity contribution in [2.75, 3.05) is 0 Å². The first kappa shape index (κ1) is 17.6. The van der Waals surface area contributed by atoms with E-state index in [9.17, 15) is 9.59 Å². The Kier molecular flexibility index (Phi) is 5.63. The van der Waals surface area contributed by atoms with E-state index < -0.39 is 23.5 Å². The zero-order valence-electron chi connectivity index (χ0n) is 14.0. The predicted molar refractivity (Wildman–Crippen MR) is 89.3 cm³/mol. The average Bonchev–Trinajstić information content (AvgIpc) is 2.54. The van der Waals surface area contributed by atoms with E-state index in [1.807, 2.05) is 30.3 Å². The highest BCUT2D eigenvalue weighted by Crippen LogP contribution is 2.12. The summed E-state index contributed by atoms with van der Waals surface area (Å²) in [6.07, 6.45) is 4.59. The molecule has 24 heavy (non-hydrogen) atoms. The first-order chi connectivity index (χ1) is 11.3. The van der Waals surface area contributed by atoms with Gasteiger partial charge in [-0.15, -0.1) is 0 Å². The zero-order chi connectivity index (χ0) is 17.6. The fourth-order valence-electron chi connectivity index (χ4n) is 2.06. The number of hydrogen-bond donors (Lipinski definition) is 1. The van der Waals surface area contributed by atoms with Gasteiger partial charge in [-0.1, -0.05) is 30.3 Å². The molecule has 1 amide bonds. The number of benzene rings is 1. The molecule has 2 aromatic rings. The van der Waals surface area contributed by atoms with E-state index in [1.165, 1.54) is 18.6 Å². The van der Waals surface area contributed by atoms with E-state index in [4.69, 9.17) is 4.74 Å². The van der Waals surface area contributed by atoms with Gasteiger partial charge >= 0.3 is 5.97 Å². The largest absolute Gasteiger partial charge is 0.458 e. The van der Waals surface area contributed by atoms with Crippen LogP contribution in [0.25, 0.3) is 0 Å². The highest BCUT2D eigenvalue weighted by atomic mass is 16.6. The van der Waals surface area contributed by atoms with Crippen LogP contribution in [0.4, 0.5) is 0 Å². The number of amides is 1. The summed E-state index contributed by atoms with van der Waals surface area (Å²) in [4.78, 5) is 32.6. The maximum atomic E-state index is 12.5. The Labute approximate surface area is 141 Å². The zero-order valence-corrected chi connectivity index (χ0v) is 14.0. The Hall–Kier alpha value is -2.76. The molecule has 0 aliphatic carbocycles. The number of nitrogens with one attached hydrogen (secondary N) is 1. The number of rotatable bonds is 5. The molecule has 0 saturated heterocycles. The first-order valence-electron chi connectivity index (χ1n) is 7.69. The lowest BCUT2D eigenvalue weighted by molar-refractivity contribution is -0.157. The van der Waals surface area contributed by atoms with Crippen LogP contribution in [0.2, 0.25) is 0 Å².